The molecule has 3 fully saturated rings. The molecule has 1 aromatic rings. The highest BCUT2D eigenvalue weighted by molar-refractivity contribution is 9.10. The molecule has 5 rings (SSSR count). The number of halogens is 1. The molecule has 116 valence electrons. The maximum absolute atomic E-state index is 12.8. The Bertz CT molecular complexity index is 771. The van der Waals surface area contributed by atoms with Crippen LogP contribution in [0.2, 0.25) is 0 Å². The highest BCUT2D eigenvalue weighted by Gasteiger charge is 2.65. The number of carbonyl (C=O) groups is 1. The van der Waals surface area contributed by atoms with Crippen molar-refractivity contribution in [3.63, 3.8) is 0 Å². The summed E-state index contributed by atoms with van der Waals surface area (Å²) in [6.45, 7) is 1.92. The minimum absolute atomic E-state index is 0.0546. The Morgan fingerprint density at radius 2 is 2.09 bits per heavy atom. The molecule has 5 unspecified atom stereocenters. The van der Waals surface area contributed by atoms with Crippen LogP contribution in [0.1, 0.15) is 48.2 Å². The summed E-state index contributed by atoms with van der Waals surface area (Å²) in [6, 6.07) is 1.78. The van der Waals surface area contributed by atoms with Gasteiger partial charge in [0, 0.05) is 5.92 Å². The van der Waals surface area contributed by atoms with Crippen LogP contribution >= 0.6 is 15.9 Å². The van der Waals surface area contributed by atoms with E-state index < -0.39 is 5.66 Å². The molecule has 1 aromatic heterocycles. The van der Waals surface area contributed by atoms with E-state index in [1.165, 1.54) is 25.7 Å². The maximum Gasteiger partial charge on any atom is 0.270 e. The van der Waals surface area contributed by atoms with Gasteiger partial charge in [0.05, 0.1) is 4.47 Å². The molecule has 3 saturated carbocycles. The molecule has 1 spiro atoms. The summed E-state index contributed by atoms with van der Waals surface area (Å²) < 4.78 is 2.38. The molecule has 1 amide bonds. The fourth-order valence-corrected chi connectivity index (χ4v) is 6.71. The second-order valence-corrected chi connectivity index (χ2v) is 8.46. The van der Waals surface area contributed by atoms with Gasteiger partial charge in [-0.3, -0.25) is 14.2 Å². The van der Waals surface area contributed by atoms with Gasteiger partial charge in [-0.15, -0.1) is 0 Å². The van der Waals surface area contributed by atoms with Gasteiger partial charge in [0.25, 0.3) is 11.5 Å². The Morgan fingerprint density at radius 3 is 2.91 bits per heavy atom. The first-order chi connectivity index (χ1) is 10.5. The van der Waals surface area contributed by atoms with E-state index in [0.29, 0.717) is 27.9 Å². The smallest absolute Gasteiger partial charge is 0.270 e. The van der Waals surface area contributed by atoms with Crippen LogP contribution in [-0.2, 0) is 5.66 Å². The summed E-state index contributed by atoms with van der Waals surface area (Å²) in [5.74, 6) is 2.57. The second-order valence-electron chi connectivity index (χ2n) is 7.61. The van der Waals surface area contributed by atoms with E-state index in [-0.39, 0.29) is 11.5 Å². The lowest BCUT2D eigenvalue weighted by Gasteiger charge is -2.41. The largest absolute Gasteiger partial charge is 0.327 e. The number of nitrogens with one attached hydrogen (secondary N) is 1. The molecule has 22 heavy (non-hydrogen) atoms. The first-order valence-electron chi connectivity index (χ1n) is 8.28. The van der Waals surface area contributed by atoms with Gasteiger partial charge in [-0.1, -0.05) is 6.42 Å². The van der Waals surface area contributed by atoms with Crippen molar-refractivity contribution < 1.29 is 4.79 Å². The molecule has 0 saturated heterocycles. The van der Waals surface area contributed by atoms with Crippen molar-refractivity contribution in [1.29, 1.82) is 0 Å². The van der Waals surface area contributed by atoms with Gasteiger partial charge < -0.3 is 5.32 Å². The number of aromatic nitrogens is 1. The topological polar surface area (TPSA) is 51.1 Å². The van der Waals surface area contributed by atoms with Gasteiger partial charge in [0.15, 0.2) is 0 Å². The Labute approximate surface area is 137 Å². The SMILES string of the molecule is Cc1cc(Br)c(=O)n2c1C(=O)NC21CC2CC1C1CCCC21. The number of carbonyl (C=O) groups excluding carboxylic acids is 1. The van der Waals surface area contributed by atoms with Crippen molar-refractivity contribution >= 4 is 21.8 Å². The quantitative estimate of drug-likeness (QED) is 0.771. The van der Waals surface area contributed by atoms with E-state index in [0.717, 1.165) is 17.9 Å². The summed E-state index contributed by atoms with van der Waals surface area (Å²) in [7, 11) is 0. The summed E-state index contributed by atoms with van der Waals surface area (Å²) in [5.41, 5.74) is 0.955. The monoisotopic (exact) mass is 362 g/mol. The molecule has 4 nitrogen and oxygen atoms in total. The predicted molar refractivity (Wildman–Crippen MR) is 85.6 cm³/mol. The minimum atomic E-state index is -0.450. The van der Waals surface area contributed by atoms with Crippen molar-refractivity contribution in [1.82, 2.24) is 9.88 Å². The van der Waals surface area contributed by atoms with E-state index in [1.807, 2.05) is 11.5 Å². The molecule has 1 aliphatic heterocycles. The highest BCUT2D eigenvalue weighted by atomic mass is 79.9. The molecular weight excluding hydrogens is 344 g/mol. The number of nitrogens with zero attached hydrogens (tertiary/aromatic N) is 1. The normalized spacial score (nSPS) is 41.1. The summed E-state index contributed by atoms with van der Waals surface area (Å²) in [5, 5.41) is 3.25. The van der Waals surface area contributed by atoms with E-state index in [1.54, 1.807) is 6.07 Å². The van der Waals surface area contributed by atoms with Gasteiger partial charge in [0.2, 0.25) is 0 Å². The molecule has 0 radical (unpaired) electrons. The molecule has 5 heteroatoms. The molecule has 1 N–H and O–H groups in total. The average Bonchev–Trinajstić information content (AvgIpc) is 3.17. The van der Waals surface area contributed by atoms with Gasteiger partial charge in [-0.25, -0.2) is 0 Å². The highest BCUT2D eigenvalue weighted by Crippen LogP contribution is 2.64. The molecule has 3 aliphatic carbocycles. The minimum Gasteiger partial charge on any atom is -0.327 e. The molecule has 0 aromatic carbocycles. The van der Waals surface area contributed by atoms with Crippen LogP contribution in [0.25, 0.3) is 0 Å². The summed E-state index contributed by atoms with van der Waals surface area (Å²) in [4.78, 5) is 25.4. The third kappa shape index (κ3) is 1.35. The Balaban J connectivity index is 1.75. The molecule has 2 bridgehead atoms. The number of amides is 1. The zero-order valence-corrected chi connectivity index (χ0v) is 14.1. The zero-order valence-electron chi connectivity index (χ0n) is 12.6. The molecular formula is C17H19BrN2O2. The van der Waals surface area contributed by atoms with E-state index in [4.69, 9.17) is 0 Å². The lowest BCUT2D eigenvalue weighted by atomic mass is 9.75. The lowest BCUT2D eigenvalue weighted by molar-refractivity contribution is 0.0615. The van der Waals surface area contributed by atoms with Crippen molar-refractivity contribution in [3.8, 4) is 0 Å². The third-order valence-corrected chi connectivity index (χ3v) is 7.35. The number of hydrogen-bond donors (Lipinski definition) is 1. The van der Waals surface area contributed by atoms with Crippen molar-refractivity contribution in [2.75, 3.05) is 0 Å². The molecule has 2 heterocycles. The fraction of sp³-hybridized carbons (Fsp3) is 0.647. The van der Waals surface area contributed by atoms with Crippen LogP contribution < -0.4 is 10.9 Å². The molecule has 4 aliphatic rings. The number of pyridine rings is 1. The first kappa shape index (κ1) is 13.3. The van der Waals surface area contributed by atoms with Crippen molar-refractivity contribution in [2.24, 2.45) is 23.7 Å². The number of rotatable bonds is 0. The van der Waals surface area contributed by atoms with Crippen LogP contribution in [-0.4, -0.2) is 10.5 Å². The number of aryl methyl sites for hydroxylation is 1. The van der Waals surface area contributed by atoms with Gasteiger partial charge in [-0.2, -0.15) is 0 Å². The average molecular weight is 363 g/mol. The van der Waals surface area contributed by atoms with Crippen LogP contribution in [0.4, 0.5) is 0 Å². The fourth-order valence-electron chi connectivity index (χ4n) is 6.19. The Kier molecular flexibility index (Phi) is 2.46. The van der Waals surface area contributed by atoms with Crippen molar-refractivity contribution in [3.05, 3.63) is 32.2 Å². The summed E-state index contributed by atoms with van der Waals surface area (Å²) in [6.07, 6.45) is 6.03. The van der Waals surface area contributed by atoms with E-state index in [2.05, 4.69) is 21.2 Å². The maximum atomic E-state index is 12.8. The van der Waals surface area contributed by atoms with E-state index in [9.17, 15) is 9.59 Å². The Morgan fingerprint density at radius 1 is 1.32 bits per heavy atom. The summed E-state index contributed by atoms with van der Waals surface area (Å²) >= 11 is 3.39. The molecule has 5 atom stereocenters. The van der Waals surface area contributed by atoms with Gasteiger partial charge >= 0.3 is 0 Å². The van der Waals surface area contributed by atoms with Crippen LogP contribution in [0.5, 0.6) is 0 Å². The second kappa shape index (κ2) is 4.05. The standard InChI is InChI=1S/C17H19BrN2O2/c1-8-5-13(18)16(22)20-14(8)15(21)19-17(20)7-9-6-12(17)11-4-2-3-10(9)11/h5,9-12H,2-4,6-7H2,1H3,(H,19,21). The van der Waals surface area contributed by atoms with Crippen molar-refractivity contribution in [2.45, 2.75) is 44.7 Å². The van der Waals surface area contributed by atoms with Crippen LogP contribution in [0, 0.1) is 30.6 Å². The third-order valence-electron chi connectivity index (χ3n) is 6.78. The van der Waals surface area contributed by atoms with Crippen LogP contribution in [0.15, 0.2) is 15.3 Å². The lowest BCUT2D eigenvalue weighted by Crippen LogP contribution is -2.54. The number of fused-ring (bicyclic) bond motifs is 8. The predicted octanol–water partition coefficient (Wildman–Crippen LogP) is 2.77. The van der Waals surface area contributed by atoms with Gasteiger partial charge in [-0.05, 0) is 77.9 Å². The first-order valence-corrected chi connectivity index (χ1v) is 9.07. The number of hydrogen-bond acceptors (Lipinski definition) is 2. The van der Waals surface area contributed by atoms with Gasteiger partial charge in [0.1, 0.15) is 11.4 Å². The van der Waals surface area contributed by atoms with E-state index >= 15 is 0 Å². The zero-order chi connectivity index (χ0) is 15.2. The Hall–Kier alpha value is -1.10. The van der Waals surface area contributed by atoms with Crippen LogP contribution in [0.3, 0.4) is 0 Å².